The number of nitrogens with zero attached hydrogens (tertiary/aromatic N) is 3. The van der Waals surface area contributed by atoms with Crippen molar-refractivity contribution in [3.63, 3.8) is 0 Å². The fourth-order valence-corrected chi connectivity index (χ4v) is 6.75. The molecule has 0 radical (unpaired) electrons. The number of rotatable bonds is 8. The molecule has 2 aromatic carbocycles. The van der Waals surface area contributed by atoms with E-state index in [1.165, 1.54) is 16.6 Å². The molecule has 0 saturated carbocycles. The van der Waals surface area contributed by atoms with Crippen LogP contribution in [-0.4, -0.2) is 41.1 Å². The van der Waals surface area contributed by atoms with Gasteiger partial charge in [0.2, 0.25) is 0 Å². The molecule has 0 bridgehead atoms. The molecule has 1 N–H and O–H groups in total. The Kier molecular flexibility index (Phi) is 8.04. The smallest absolute Gasteiger partial charge is 0.267 e. The molecule has 202 valence electrons. The Morgan fingerprint density at radius 1 is 1.10 bits per heavy atom. The van der Waals surface area contributed by atoms with Crippen LogP contribution >= 0.6 is 23.1 Å². The molecule has 1 amide bonds. The molecule has 39 heavy (non-hydrogen) atoms. The first kappa shape index (κ1) is 27.0. The number of hydrogen-bond donors (Lipinski definition) is 1. The molecule has 2 aromatic heterocycles. The normalized spacial score (nSPS) is 13.3. The maximum atomic E-state index is 13.9. The van der Waals surface area contributed by atoms with E-state index < -0.39 is 0 Å². The number of amides is 1. The summed E-state index contributed by atoms with van der Waals surface area (Å²) >= 11 is 2.83. The van der Waals surface area contributed by atoms with E-state index in [9.17, 15) is 9.59 Å². The number of carbonyl (C=O) groups excluding carboxylic acids is 1. The molecule has 0 saturated heterocycles. The van der Waals surface area contributed by atoms with Gasteiger partial charge in [0.05, 0.1) is 36.8 Å². The van der Waals surface area contributed by atoms with Crippen molar-refractivity contribution in [2.45, 2.75) is 44.7 Å². The number of fused-ring (bicyclic) bond motifs is 3. The average Bonchev–Trinajstić information content (AvgIpc) is 3.33. The standard InChI is InChI=1S/C29H30N4O4S2/c1-17-9-12-20(13-10-17)33-28(35)26-21-7-5-6-8-24(21)39-27(26)30-29(33)38-16-25(34)32-31-18(2)19-11-14-22(36-3)23(15-19)37-4/h9-15H,5-8,16H2,1-4H3,(H,32,34)/b31-18+. The Labute approximate surface area is 235 Å². The van der Waals surface area contributed by atoms with Gasteiger partial charge in [0, 0.05) is 10.4 Å². The lowest BCUT2D eigenvalue weighted by Crippen LogP contribution is -2.24. The summed E-state index contributed by atoms with van der Waals surface area (Å²) in [5, 5.41) is 5.47. The van der Waals surface area contributed by atoms with Crippen molar-refractivity contribution in [3.8, 4) is 17.2 Å². The van der Waals surface area contributed by atoms with Crippen LogP contribution in [0, 0.1) is 6.92 Å². The predicted molar refractivity (Wildman–Crippen MR) is 157 cm³/mol. The summed E-state index contributed by atoms with van der Waals surface area (Å²) in [7, 11) is 3.15. The number of thiophene rings is 1. The van der Waals surface area contributed by atoms with Gasteiger partial charge < -0.3 is 9.47 Å². The fraction of sp³-hybridized carbons (Fsp3) is 0.310. The number of benzene rings is 2. The number of carbonyl (C=O) groups is 1. The number of thioether (sulfide) groups is 1. The van der Waals surface area contributed by atoms with Gasteiger partial charge in [0.25, 0.3) is 11.5 Å². The number of methoxy groups -OCH3 is 2. The van der Waals surface area contributed by atoms with Crippen LogP contribution in [0.15, 0.2) is 57.5 Å². The van der Waals surface area contributed by atoms with Crippen LogP contribution in [0.3, 0.4) is 0 Å². The number of ether oxygens (including phenoxy) is 2. The quantitative estimate of drug-likeness (QED) is 0.136. The maximum Gasteiger partial charge on any atom is 0.267 e. The van der Waals surface area contributed by atoms with E-state index in [4.69, 9.17) is 14.5 Å². The zero-order valence-electron chi connectivity index (χ0n) is 22.4. The number of aromatic nitrogens is 2. The monoisotopic (exact) mass is 562 g/mol. The van der Waals surface area contributed by atoms with Gasteiger partial charge in [-0.05, 0) is 75.4 Å². The lowest BCUT2D eigenvalue weighted by Gasteiger charge is -2.13. The minimum atomic E-state index is -0.296. The molecule has 0 unspecified atom stereocenters. The third kappa shape index (κ3) is 5.58. The Morgan fingerprint density at radius 2 is 1.85 bits per heavy atom. The van der Waals surface area contributed by atoms with E-state index in [1.54, 1.807) is 49.2 Å². The van der Waals surface area contributed by atoms with Gasteiger partial charge in [-0.1, -0.05) is 29.5 Å². The molecule has 8 nitrogen and oxygen atoms in total. The van der Waals surface area contributed by atoms with Crippen molar-refractivity contribution < 1.29 is 14.3 Å². The molecule has 0 atom stereocenters. The number of nitrogens with one attached hydrogen (secondary N) is 1. The zero-order valence-corrected chi connectivity index (χ0v) is 24.0. The maximum absolute atomic E-state index is 13.9. The average molecular weight is 563 g/mol. The highest BCUT2D eigenvalue weighted by molar-refractivity contribution is 7.99. The van der Waals surface area contributed by atoms with Gasteiger partial charge in [0.1, 0.15) is 4.83 Å². The SMILES string of the molecule is COc1ccc(/C(C)=N/NC(=O)CSc2nc3sc4c(c3c(=O)n2-c2ccc(C)cc2)CCCC4)cc1OC. The highest BCUT2D eigenvalue weighted by atomic mass is 32.2. The Balaban J connectivity index is 1.40. The van der Waals surface area contributed by atoms with Gasteiger partial charge in [-0.15, -0.1) is 11.3 Å². The minimum absolute atomic E-state index is 0.0532. The summed E-state index contributed by atoms with van der Waals surface area (Å²) in [5.41, 5.74) is 6.94. The molecule has 0 spiro atoms. The van der Waals surface area contributed by atoms with Crippen LogP contribution in [0.1, 0.15) is 41.3 Å². The van der Waals surface area contributed by atoms with Crippen LogP contribution in [0.5, 0.6) is 11.5 Å². The Morgan fingerprint density at radius 3 is 2.59 bits per heavy atom. The fourth-order valence-electron chi connectivity index (χ4n) is 4.64. The highest BCUT2D eigenvalue weighted by Gasteiger charge is 2.23. The third-order valence-corrected chi connectivity index (χ3v) is 8.86. The molecule has 0 fully saturated rings. The topological polar surface area (TPSA) is 94.8 Å². The summed E-state index contributed by atoms with van der Waals surface area (Å²) < 4.78 is 12.3. The number of hydrogen-bond acceptors (Lipinski definition) is 8. The molecule has 5 rings (SSSR count). The van der Waals surface area contributed by atoms with Gasteiger partial charge in [0.15, 0.2) is 16.7 Å². The second-order valence-corrected chi connectivity index (χ2v) is 11.4. The first-order valence-corrected chi connectivity index (χ1v) is 14.5. The number of aryl methyl sites for hydroxylation is 3. The molecule has 4 aromatic rings. The summed E-state index contributed by atoms with van der Waals surface area (Å²) in [6, 6.07) is 13.2. The molecule has 0 aliphatic heterocycles. The lowest BCUT2D eigenvalue weighted by atomic mass is 9.97. The molecular weight excluding hydrogens is 532 g/mol. The summed E-state index contributed by atoms with van der Waals surface area (Å²) in [6.07, 6.45) is 4.12. The first-order valence-electron chi connectivity index (χ1n) is 12.7. The van der Waals surface area contributed by atoms with Gasteiger partial charge >= 0.3 is 0 Å². The number of hydrazone groups is 1. The largest absolute Gasteiger partial charge is 0.493 e. The molecular formula is C29H30N4O4S2. The predicted octanol–water partition coefficient (Wildman–Crippen LogP) is 5.28. The Bertz CT molecular complexity index is 1620. The molecule has 10 heteroatoms. The molecule has 1 aliphatic carbocycles. The minimum Gasteiger partial charge on any atom is -0.493 e. The summed E-state index contributed by atoms with van der Waals surface area (Å²) in [5.74, 6) is 0.954. The van der Waals surface area contributed by atoms with Crippen molar-refractivity contribution in [1.29, 1.82) is 0 Å². The van der Waals surface area contributed by atoms with Crippen molar-refractivity contribution in [2.75, 3.05) is 20.0 Å². The first-order chi connectivity index (χ1) is 18.9. The van der Waals surface area contributed by atoms with E-state index in [0.717, 1.165) is 58.3 Å². The summed E-state index contributed by atoms with van der Waals surface area (Å²) in [4.78, 5) is 33.5. The van der Waals surface area contributed by atoms with Crippen molar-refractivity contribution in [3.05, 3.63) is 74.4 Å². The van der Waals surface area contributed by atoms with Crippen LogP contribution < -0.4 is 20.5 Å². The van der Waals surface area contributed by atoms with E-state index >= 15 is 0 Å². The van der Waals surface area contributed by atoms with E-state index in [-0.39, 0.29) is 17.2 Å². The summed E-state index contributed by atoms with van der Waals surface area (Å²) in [6.45, 7) is 3.81. The van der Waals surface area contributed by atoms with Gasteiger partial charge in [-0.2, -0.15) is 5.10 Å². The molecule has 2 heterocycles. The van der Waals surface area contributed by atoms with Crippen LogP contribution in [0.25, 0.3) is 15.9 Å². The third-order valence-electron chi connectivity index (χ3n) is 6.73. The van der Waals surface area contributed by atoms with Crippen molar-refractivity contribution >= 4 is 44.9 Å². The Hall–Kier alpha value is -3.63. The van der Waals surface area contributed by atoms with Crippen LogP contribution in [0.4, 0.5) is 0 Å². The van der Waals surface area contributed by atoms with Gasteiger partial charge in [-0.3, -0.25) is 14.2 Å². The highest BCUT2D eigenvalue weighted by Crippen LogP contribution is 2.35. The van der Waals surface area contributed by atoms with E-state index in [1.807, 2.05) is 37.3 Å². The van der Waals surface area contributed by atoms with Crippen LogP contribution in [-0.2, 0) is 17.6 Å². The van der Waals surface area contributed by atoms with Gasteiger partial charge in [-0.25, -0.2) is 10.4 Å². The van der Waals surface area contributed by atoms with E-state index in [0.29, 0.717) is 22.4 Å². The van der Waals surface area contributed by atoms with Crippen molar-refractivity contribution in [2.24, 2.45) is 5.10 Å². The van der Waals surface area contributed by atoms with Crippen molar-refractivity contribution in [1.82, 2.24) is 15.0 Å². The lowest BCUT2D eigenvalue weighted by molar-refractivity contribution is -0.118. The zero-order chi connectivity index (χ0) is 27.5. The van der Waals surface area contributed by atoms with E-state index in [2.05, 4.69) is 10.5 Å². The second kappa shape index (κ2) is 11.6. The second-order valence-electron chi connectivity index (χ2n) is 9.35. The van der Waals surface area contributed by atoms with Crippen LogP contribution in [0.2, 0.25) is 0 Å². The molecule has 1 aliphatic rings.